The summed E-state index contributed by atoms with van der Waals surface area (Å²) in [6, 6.07) is 8.46. The highest BCUT2D eigenvalue weighted by Crippen LogP contribution is 2.27. The maximum atomic E-state index is 13.4. The molecule has 2 rings (SSSR count). The Bertz CT molecular complexity index is 791. The molecule has 0 aliphatic rings. The second-order valence-corrected chi connectivity index (χ2v) is 5.69. The van der Waals surface area contributed by atoms with Crippen molar-refractivity contribution in [1.82, 2.24) is 0 Å². The van der Waals surface area contributed by atoms with E-state index in [2.05, 4.69) is 15.4 Å². The van der Waals surface area contributed by atoms with Gasteiger partial charge in [0.2, 0.25) is 5.91 Å². The van der Waals surface area contributed by atoms with E-state index in [1.165, 1.54) is 0 Å². The van der Waals surface area contributed by atoms with Crippen molar-refractivity contribution in [3.05, 3.63) is 53.3 Å². The summed E-state index contributed by atoms with van der Waals surface area (Å²) in [7, 11) is 0. The second kappa shape index (κ2) is 8.07. The molecule has 2 aromatic rings. The molecule has 0 heterocycles. The predicted molar refractivity (Wildman–Crippen MR) is 91.0 cm³/mol. The van der Waals surface area contributed by atoms with Crippen LogP contribution in [-0.2, 0) is 4.79 Å². The van der Waals surface area contributed by atoms with Gasteiger partial charge in [0.1, 0.15) is 11.6 Å². The molecule has 0 atom stereocenters. The fraction of sp³-hybridized carbons (Fsp3) is 0.278. The number of carbonyl (C=O) groups excluding carboxylic acids is 1. The van der Waals surface area contributed by atoms with Crippen LogP contribution in [0.15, 0.2) is 36.4 Å². The SMILES string of the molecule is Cc1cccc(NC(=O)CNc2cc(F)ccc2OCC(F)(F)F)c1C. The zero-order chi connectivity index (χ0) is 19.3. The third-order valence-electron chi connectivity index (χ3n) is 3.65. The summed E-state index contributed by atoms with van der Waals surface area (Å²) < 4.78 is 54.9. The van der Waals surface area contributed by atoms with Crippen molar-refractivity contribution in [2.45, 2.75) is 20.0 Å². The van der Waals surface area contributed by atoms with Crippen LogP contribution in [0.2, 0.25) is 0 Å². The van der Waals surface area contributed by atoms with Crippen LogP contribution in [0.25, 0.3) is 0 Å². The van der Waals surface area contributed by atoms with Crippen LogP contribution in [-0.4, -0.2) is 25.2 Å². The molecule has 0 bridgehead atoms. The molecule has 4 nitrogen and oxygen atoms in total. The van der Waals surface area contributed by atoms with E-state index < -0.39 is 24.5 Å². The van der Waals surface area contributed by atoms with Gasteiger partial charge in [-0.05, 0) is 43.2 Å². The van der Waals surface area contributed by atoms with Gasteiger partial charge in [-0.15, -0.1) is 0 Å². The van der Waals surface area contributed by atoms with Crippen molar-refractivity contribution in [1.29, 1.82) is 0 Å². The third kappa shape index (κ3) is 5.65. The van der Waals surface area contributed by atoms with Crippen molar-refractivity contribution in [3.8, 4) is 5.75 Å². The number of anilines is 2. The Balaban J connectivity index is 2.02. The van der Waals surface area contributed by atoms with Crippen LogP contribution in [0.1, 0.15) is 11.1 Å². The number of benzene rings is 2. The molecule has 0 fully saturated rings. The first kappa shape index (κ1) is 19.6. The van der Waals surface area contributed by atoms with Gasteiger partial charge in [-0.2, -0.15) is 13.2 Å². The van der Waals surface area contributed by atoms with Crippen molar-refractivity contribution in [3.63, 3.8) is 0 Å². The van der Waals surface area contributed by atoms with E-state index in [4.69, 9.17) is 0 Å². The number of aryl methyl sites for hydroxylation is 1. The lowest BCUT2D eigenvalue weighted by atomic mass is 10.1. The smallest absolute Gasteiger partial charge is 0.422 e. The summed E-state index contributed by atoms with van der Waals surface area (Å²) in [6.07, 6.45) is -4.52. The summed E-state index contributed by atoms with van der Waals surface area (Å²) in [4.78, 5) is 12.1. The number of hydrogen-bond acceptors (Lipinski definition) is 3. The summed E-state index contributed by atoms with van der Waals surface area (Å²) in [5, 5.41) is 5.30. The minimum absolute atomic E-state index is 0.0367. The monoisotopic (exact) mass is 370 g/mol. The highest BCUT2D eigenvalue weighted by atomic mass is 19.4. The van der Waals surface area contributed by atoms with Gasteiger partial charge in [0, 0.05) is 11.8 Å². The van der Waals surface area contributed by atoms with Crippen molar-refractivity contribution >= 4 is 17.3 Å². The molecule has 2 aromatic carbocycles. The van der Waals surface area contributed by atoms with Crippen LogP contribution >= 0.6 is 0 Å². The van der Waals surface area contributed by atoms with E-state index in [9.17, 15) is 22.4 Å². The highest BCUT2D eigenvalue weighted by molar-refractivity contribution is 5.94. The highest BCUT2D eigenvalue weighted by Gasteiger charge is 2.29. The molecule has 0 saturated heterocycles. The fourth-order valence-corrected chi connectivity index (χ4v) is 2.18. The van der Waals surface area contributed by atoms with Gasteiger partial charge in [-0.1, -0.05) is 12.1 Å². The van der Waals surface area contributed by atoms with Gasteiger partial charge in [0.15, 0.2) is 6.61 Å². The van der Waals surface area contributed by atoms with Gasteiger partial charge in [0.25, 0.3) is 0 Å². The van der Waals surface area contributed by atoms with Crippen molar-refractivity contribution in [2.75, 3.05) is 23.8 Å². The molecule has 0 unspecified atom stereocenters. The van der Waals surface area contributed by atoms with Crippen molar-refractivity contribution in [2.24, 2.45) is 0 Å². The molecular formula is C18H18F4N2O2. The second-order valence-electron chi connectivity index (χ2n) is 5.69. The molecule has 8 heteroatoms. The first-order valence-electron chi connectivity index (χ1n) is 7.75. The third-order valence-corrected chi connectivity index (χ3v) is 3.65. The molecule has 0 spiro atoms. The lowest BCUT2D eigenvalue weighted by Crippen LogP contribution is -2.23. The summed E-state index contributed by atoms with van der Waals surface area (Å²) >= 11 is 0. The Kier molecular flexibility index (Phi) is 6.07. The summed E-state index contributed by atoms with van der Waals surface area (Å²) in [5.41, 5.74) is 2.50. The molecule has 26 heavy (non-hydrogen) atoms. The average molecular weight is 370 g/mol. The number of ether oxygens (including phenoxy) is 1. The number of alkyl halides is 3. The molecule has 2 N–H and O–H groups in total. The molecule has 0 aliphatic carbocycles. The molecule has 140 valence electrons. The van der Waals surface area contributed by atoms with Gasteiger partial charge in [-0.3, -0.25) is 4.79 Å². The molecule has 0 saturated carbocycles. The number of carbonyl (C=O) groups is 1. The Morgan fingerprint density at radius 3 is 2.54 bits per heavy atom. The number of halogens is 4. The van der Waals surface area contributed by atoms with Crippen molar-refractivity contribution < 1.29 is 27.1 Å². The van der Waals surface area contributed by atoms with E-state index in [0.29, 0.717) is 5.69 Å². The van der Waals surface area contributed by atoms with Crippen LogP contribution in [0.5, 0.6) is 5.75 Å². The first-order valence-corrected chi connectivity index (χ1v) is 7.75. The zero-order valence-corrected chi connectivity index (χ0v) is 14.2. The van der Waals surface area contributed by atoms with Crippen LogP contribution < -0.4 is 15.4 Å². The fourth-order valence-electron chi connectivity index (χ4n) is 2.18. The minimum Gasteiger partial charge on any atom is -0.482 e. The molecule has 1 amide bonds. The van der Waals surface area contributed by atoms with Crippen LogP contribution in [0.3, 0.4) is 0 Å². The lowest BCUT2D eigenvalue weighted by Gasteiger charge is -2.15. The van der Waals surface area contributed by atoms with Gasteiger partial charge in [-0.25, -0.2) is 4.39 Å². The van der Waals surface area contributed by atoms with E-state index >= 15 is 0 Å². The average Bonchev–Trinajstić information content (AvgIpc) is 2.55. The summed E-state index contributed by atoms with van der Waals surface area (Å²) in [5.74, 6) is -1.28. The molecule has 0 aromatic heterocycles. The van der Waals surface area contributed by atoms with Gasteiger partial charge >= 0.3 is 6.18 Å². The van der Waals surface area contributed by atoms with Gasteiger partial charge in [0.05, 0.1) is 12.2 Å². The Morgan fingerprint density at radius 2 is 1.85 bits per heavy atom. The maximum absolute atomic E-state index is 13.4. The van der Waals surface area contributed by atoms with E-state index in [-0.39, 0.29) is 18.0 Å². The Labute approximate surface area is 148 Å². The van der Waals surface area contributed by atoms with Gasteiger partial charge < -0.3 is 15.4 Å². The predicted octanol–water partition coefficient (Wildman–Crippen LogP) is 4.43. The molecule has 0 radical (unpaired) electrons. The molecule has 0 aliphatic heterocycles. The normalized spacial score (nSPS) is 11.2. The number of hydrogen-bond donors (Lipinski definition) is 2. The first-order chi connectivity index (χ1) is 12.2. The summed E-state index contributed by atoms with van der Waals surface area (Å²) in [6.45, 7) is 1.98. The van der Waals surface area contributed by atoms with E-state index in [1.807, 2.05) is 19.9 Å². The number of amides is 1. The Hall–Kier alpha value is -2.77. The minimum atomic E-state index is -4.52. The van der Waals surface area contributed by atoms with Crippen LogP contribution in [0.4, 0.5) is 28.9 Å². The quantitative estimate of drug-likeness (QED) is 0.740. The molecular weight excluding hydrogens is 352 g/mol. The topological polar surface area (TPSA) is 50.4 Å². The zero-order valence-electron chi connectivity index (χ0n) is 14.2. The van der Waals surface area contributed by atoms with Crippen LogP contribution in [0, 0.1) is 19.7 Å². The Morgan fingerprint density at radius 1 is 1.12 bits per heavy atom. The standard InChI is InChI=1S/C18H18F4N2O2/c1-11-4-3-5-14(12(11)2)24-17(25)9-23-15-8-13(19)6-7-16(15)26-10-18(20,21)22/h3-8,23H,9-10H2,1-2H3,(H,24,25). The lowest BCUT2D eigenvalue weighted by molar-refractivity contribution is -0.153. The number of rotatable bonds is 6. The maximum Gasteiger partial charge on any atom is 0.422 e. The number of nitrogens with one attached hydrogen (secondary N) is 2. The van der Waals surface area contributed by atoms with E-state index in [0.717, 1.165) is 29.3 Å². The largest absolute Gasteiger partial charge is 0.482 e. The van der Waals surface area contributed by atoms with E-state index in [1.54, 1.807) is 12.1 Å².